The number of ketones is 1. The largest absolute Gasteiger partial charge is 0.507 e. The number of para-hydroxylation sites is 1. The molecule has 184 valence electrons. The topological polar surface area (TPSA) is 122 Å². The van der Waals surface area contributed by atoms with Crippen LogP contribution in [0, 0.1) is 10.1 Å². The summed E-state index contributed by atoms with van der Waals surface area (Å²) in [6.45, 7) is 3.74. The normalized spacial score (nSPS) is 20.3. The minimum atomic E-state index is -1.08. The first kappa shape index (κ1) is 24.4. The van der Waals surface area contributed by atoms with Gasteiger partial charge >= 0.3 is 0 Å². The van der Waals surface area contributed by atoms with E-state index in [1.54, 1.807) is 30.3 Å². The van der Waals surface area contributed by atoms with E-state index in [4.69, 9.17) is 9.47 Å². The Bertz CT molecular complexity index is 1140. The second kappa shape index (κ2) is 10.7. The Labute approximate surface area is 202 Å². The molecule has 4 rings (SSSR count). The van der Waals surface area contributed by atoms with Gasteiger partial charge < -0.3 is 19.5 Å². The summed E-state index contributed by atoms with van der Waals surface area (Å²) in [6, 6.07) is 11.3. The Morgan fingerprint density at radius 3 is 2.46 bits per heavy atom. The van der Waals surface area contributed by atoms with Gasteiger partial charge in [0.05, 0.1) is 42.4 Å². The molecule has 0 unspecified atom stereocenters. The van der Waals surface area contributed by atoms with Crippen molar-refractivity contribution in [2.45, 2.75) is 12.5 Å². The minimum Gasteiger partial charge on any atom is -0.507 e. The molecule has 1 amide bonds. The molecule has 0 saturated carbocycles. The van der Waals surface area contributed by atoms with Gasteiger partial charge in [0.15, 0.2) is 0 Å². The molecule has 2 aromatic carbocycles. The van der Waals surface area contributed by atoms with Crippen molar-refractivity contribution < 1.29 is 29.1 Å². The van der Waals surface area contributed by atoms with Crippen LogP contribution >= 0.6 is 0 Å². The molecule has 2 aromatic rings. The molecule has 1 atom stereocenters. The average Bonchev–Trinajstić information content (AvgIpc) is 3.14. The van der Waals surface area contributed by atoms with Crippen LogP contribution in [-0.2, 0) is 14.3 Å². The molecule has 2 aliphatic rings. The number of hydrogen-bond acceptors (Lipinski definition) is 8. The lowest BCUT2D eigenvalue weighted by Crippen LogP contribution is -2.39. The highest BCUT2D eigenvalue weighted by Crippen LogP contribution is 2.42. The fraction of sp³-hybridized carbons (Fsp3) is 0.360. The van der Waals surface area contributed by atoms with Gasteiger partial charge in [-0.1, -0.05) is 12.1 Å². The smallest absolute Gasteiger partial charge is 0.295 e. The number of likely N-dealkylation sites (tertiary alicyclic amines) is 1. The number of nitrogens with zero attached hydrogens (tertiary/aromatic N) is 3. The lowest BCUT2D eigenvalue weighted by atomic mass is 9.94. The van der Waals surface area contributed by atoms with Crippen molar-refractivity contribution in [3.8, 4) is 5.75 Å². The lowest BCUT2D eigenvalue weighted by molar-refractivity contribution is -0.385. The number of ether oxygens (including phenoxy) is 2. The molecule has 0 aliphatic carbocycles. The predicted molar refractivity (Wildman–Crippen MR) is 127 cm³/mol. The third-order valence-corrected chi connectivity index (χ3v) is 6.31. The molecule has 1 N–H and O–H groups in total. The summed E-state index contributed by atoms with van der Waals surface area (Å²) >= 11 is 0. The van der Waals surface area contributed by atoms with Crippen LogP contribution in [0.15, 0.2) is 54.1 Å². The Kier molecular flexibility index (Phi) is 7.42. The number of carbonyl (C=O) groups is 2. The minimum absolute atomic E-state index is 0.166. The predicted octanol–water partition coefficient (Wildman–Crippen LogP) is 2.75. The van der Waals surface area contributed by atoms with E-state index in [9.17, 15) is 24.8 Å². The zero-order valence-corrected chi connectivity index (χ0v) is 19.4. The van der Waals surface area contributed by atoms with Gasteiger partial charge in [-0.2, -0.15) is 0 Å². The van der Waals surface area contributed by atoms with Crippen LogP contribution in [-0.4, -0.2) is 78.0 Å². The summed E-state index contributed by atoms with van der Waals surface area (Å²) in [4.78, 5) is 41.0. The van der Waals surface area contributed by atoms with Gasteiger partial charge in [0.2, 0.25) is 0 Å². The van der Waals surface area contributed by atoms with Crippen molar-refractivity contribution in [3.05, 3.63) is 75.3 Å². The van der Waals surface area contributed by atoms with E-state index in [2.05, 4.69) is 4.90 Å². The van der Waals surface area contributed by atoms with Gasteiger partial charge in [0.1, 0.15) is 11.5 Å². The van der Waals surface area contributed by atoms with Gasteiger partial charge in [-0.25, -0.2) is 0 Å². The zero-order valence-electron chi connectivity index (χ0n) is 19.4. The van der Waals surface area contributed by atoms with Crippen molar-refractivity contribution in [2.75, 3.05) is 46.5 Å². The van der Waals surface area contributed by atoms with E-state index in [0.717, 1.165) is 13.1 Å². The third-order valence-electron chi connectivity index (χ3n) is 6.31. The van der Waals surface area contributed by atoms with Crippen LogP contribution < -0.4 is 4.74 Å². The summed E-state index contributed by atoms with van der Waals surface area (Å²) in [6.07, 6.45) is 0.562. The van der Waals surface area contributed by atoms with Crippen LogP contribution in [0.25, 0.3) is 5.76 Å². The van der Waals surface area contributed by atoms with E-state index in [1.165, 1.54) is 30.2 Å². The van der Waals surface area contributed by atoms with Crippen LogP contribution in [0.4, 0.5) is 5.69 Å². The molecule has 10 heteroatoms. The number of aliphatic hydroxyl groups is 1. The van der Waals surface area contributed by atoms with E-state index in [1.807, 2.05) is 0 Å². The molecule has 0 aromatic heterocycles. The molecule has 0 spiro atoms. The van der Waals surface area contributed by atoms with Crippen LogP contribution in [0.3, 0.4) is 0 Å². The third kappa shape index (κ3) is 5.03. The van der Waals surface area contributed by atoms with Crippen molar-refractivity contribution >= 4 is 23.1 Å². The van der Waals surface area contributed by atoms with Gasteiger partial charge in [0, 0.05) is 37.8 Å². The summed E-state index contributed by atoms with van der Waals surface area (Å²) < 4.78 is 10.5. The number of aliphatic hydroxyl groups excluding tert-OH is 1. The molecule has 0 radical (unpaired) electrons. The summed E-state index contributed by atoms with van der Waals surface area (Å²) in [5, 5.41) is 22.9. The maximum atomic E-state index is 13.2. The first-order valence-electron chi connectivity index (χ1n) is 11.4. The van der Waals surface area contributed by atoms with Crippen molar-refractivity contribution in [2.24, 2.45) is 0 Å². The number of nitro benzene ring substituents is 1. The number of rotatable bonds is 8. The summed E-state index contributed by atoms with van der Waals surface area (Å²) in [5.74, 6) is -1.48. The Balaban J connectivity index is 1.73. The first-order chi connectivity index (χ1) is 16.9. The van der Waals surface area contributed by atoms with Crippen molar-refractivity contribution in [3.63, 3.8) is 0 Å². The highest BCUT2D eigenvalue weighted by Gasteiger charge is 2.47. The number of methoxy groups -OCH3 is 1. The molecule has 10 nitrogen and oxygen atoms in total. The Morgan fingerprint density at radius 2 is 1.80 bits per heavy atom. The Hall–Kier alpha value is -3.76. The van der Waals surface area contributed by atoms with Crippen LogP contribution in [0.2, 0.25) is 0 Å². The molecule has 2 saturated heterocycles. The number of nitro groups is 1. The number of benzene rings is 2. The first-order valence-corrected chi connectivity index (χ1v) is 11.4. The van der Waals surface area contributed by atoms with E-state index < -0.39 is 22.7 Å². The molecule has 2 heterocycles. The fourth-order valence-corrected chi connectivity index (χ4v) is 4.51. The standard InChI is InChI=1S/C25H27N3O7/c1-34-18-9-7-17(8-10-18)23(29)21-22(19-5-2-3-6-20(19)28(32)33)27(25(31)24(21)30)12-4-11-26-13-15-35-16-14-26/h2-3,5-10,22,29H,4,11-16H2,1H3/t22-/m1/s1. The molecular weight excluding hydrogens is 454 g/mol. The molecule has 2 aliphatic heterocycles. The molecule has 2 fully saturated rings. The lowest BCUT2D eigenvalue weighted by Gasteiger charge is -2.29. The Morgan fingerprint density at radius 1 is 1.11 bits per heavy atom. The SMILES string of the molecule is COc1ccc(C(O)=C2C(=O)C(=O)N(CCCN3CCOCC3)[C@@H]2c2ccccc2[N+](=O)[O-])cc1. The highest BCUT2D eigenvalue weighted by atomic mass is 16.6. The maximum absolute atomic E-state index is 13.2. The van der Waals surface area contributed by atoms with Gasteiger partial charge in [0.25, 0.3) is 17.4 Å². The maximum Gasteiger partial charge on any atom is 0.295 e. The summed E-state index contributed by atoms with van der Waals surface area (Å²) in [7, 11) is 1.51. The second-order valence-corrected chi connectivity index (χ2v) is 8.34. The van der Waals surface area contributed by atoms with Gasteiger partial charge in [-0.15, -0.1) is 0 Å². The summed E-state index contributed by atoms with van der Waals surface area (Å²) in [5.41, 5.74) is 0.0953. The zero-order chi connectivity index (χ0) is 24.9. The quantitative estimate of drug-likeness (QED) is 0.201. The van der Waals surface area contributed by atoms with E-state index in [0.29, 0.717) is 37.5 Å². The fourth-order valence-electron chi connectivity index (χ4n) is 4.51. The van der Waals surface area contributed by atoms with Crippen LogP contribution in [0.5, 0.6) is 5.75 Å². The van der Waals surface area contributed by atoms with Gasteiger partial charge in [-0.3, -0.25) is 24.6 Å². The number of Topliss-reactive ketones (excluding diaryl/α,β-unsaturated/α-hetero) is 1. The van der Waals surface area contributed by atoms with Crippen molar-refractivity contribution in [1.29, 1.82) is 0 Å². The van der Waals surface area contributed by atoms with E-state index >= 15 is 0 Å². The number of carbonyl (C=O) groups excluding carboxylic acids is 2. The average molecular weight is 482 g/mol. The van der Waals surface area contributed by atoms with Crippen LogP contribution in [0.1, 0.15) is 23.6 Å². The van der Waals surface area contributed by atoms with E-state index in [-0.39, 0.29) is 29.1 Å². The molecule has 0 bridgehead atoms. The molecular formula is C25H27N3O7. The molecule has 35 heavy (non-hydrogen) atoms. The van der Waals surface area contributed by atoms with Crippen molar-refractivity contribution in [1.82, 2.24) is 9.80 Å². The highest BCUT2D eigenvalue weighted by molar-refractivity contribution is 6.46. The number of amides is 1. The number of morpholine rings is 1. The van der Waals surface area contributed by atoms with Gasteiger partial charge in [-0.05, 0) is 36.8 Å². The number of hydrogen-bond donors (Lipinski definition) is 1. The monoisotopic (exact) mass is 481 g/mol. The second-order valence-electron chi connectivity index (χ2n) is 8.34.